The molecule has 0 aliphatic heterocycles. The quantitative estimate of drug-likeness (QED) is 0.562. The van der Waals surface area contributed by atoms with E-state index < -0.39 is 31.7 Å². The van der Waals surface area contributed by atoms with E-state index in [0.717, 1.165) is 12.1 Å². The molecule has 1 N–H and O–H groups in total. The SMILES string of the molecule is CC(C)c1cc2c(Cl)ccc(NS(=O)(=O)c3ccc(Cl)c(C(F)(F)F)c3)n2n1. The molecule has 0 aliphatic carbocycles. The molecule has 0 atom stereocenters. The van der Waals surface area contributed by atoms with Gasteiger partial charge in [-0.05, 0) is 42.3 Å². The van der Waals surface area contributed by atoms with E-state index in [-0.39, 0.29) is 11.7 Å². The average Bonchev–Trinajstić information content (AvgIpc) is 3.03. The minimum Gasteiger partial charge on any atom is -0.263 e. The van der Waals surface area contributed by atoms with Crippen molar-refractivity contribution in [2.75, 3.05) is 4.72 Å². The fourth-order valence-corrected chi connectivity index (χ4v) is 4.00. The van der Waals surface area contributed by atoms with E-state index in [2.05, 4.69) is 9.82 Å². The molecular formula is C17H14Cl2F3N3O2S. The molecule has 3 aromatic rings. The Kier molecular flexibility index (Phi) is 5.28. The molecule has 2 heterocycles. The molecule has 28 heavy (non-hydrogen) atoms. The van der Waals surface area contributed by atoms with Crippen LogP contribution >= 0.6 is 23.2 Å². The van der Waals surface area contributed by atoms with Gasteiger partial charge >= 0.3 is 6.18 Å². The largest absolute Gasteiger partial charge is 0.417 e. The molecular weight excluding hydrogens is 438 g/mol. The van der Waals surface area contributed by atoms with Gasteiger partial charge in [0, 0.05) is 0 Å². The maximum absolute atomic E-state index is 13.0. The van der Waals surface area contributed by atoms with Gasteiger partial charge in [-0.3, -0.25) is 4.72 Å². The van der Waals surface area contributed by atoms with Crippen molar-refractivity contribution in [3.05, 3.63) is 57.7 Å². The van der Waals surface area contributed by atoms with Crippen LogP contribution in [0.15, 0.2) is 41.3 Å². The van der Waals surface area contributed by atoms with Crippen LogP contribution in [0, 0.1) is 0 Å². The van der Waals surface area contributed by atoms with Crippen molar-refractivity contribution in [2.45, 2.75) is 30.8 Å². The van der Waals surface area contributed by atoms with Crippen LogP contribution in [0.3, 0.4) is 0 Å². The molecule has 0 fully saturated rings. The maximum atomic E-state index is 13.0. The van der Waals surface area contributed by atoms with Gasteiger partial charge in [0.2, 0.25) is 0 Å². The second kappa shape index (κ2) is 7.13. The number of hydrogen-bond donors (Lipinski definition) is 1. The lowest BCUT2D eigenvalue weighted by atomic mass is 10.1. The third-order valence-corrected chi connectivity index (χ3v) is 5.97. The number of anilines is 1. The zero-order chi connectivity index (χ0) is 20.9. The number of sulfonamides is 1. The molecule has 1 aromatic carbocycles. The topological polar surface area (TPSA) is 63.5 Å². The van der Waals surface area contributed by atoms with E-state index in [1.165, 1.54) is 16.6 Å². The van der Waals surface area contributed by atoms with Gasteiger partial charge < -0.3 is 0 Å². The molecule has 150 valence electrons. The van der Waals surface area contributed by atoms with E-state index in [0.29, 0.717) is 22.3 Å². The van der Waals surface area contributed by atoms with E-state index in [1.807, 2.05) is 13.8 Å². The summed E-state index contributed by atoms with van der Waals surface area (Å²) in [6, 6.07) is 6.94. The number of alkyl halides is 3. The third kappa shape index (κ3) is 3.92. The Balaban J connectivity index is 2.08. The lowest BCUT2D eigenvalue weighted by molar-refractivity contribution is -0.137. The molecule has 2 aromatic heterocycles. The molecule has 3 rings (SSSR count). The zero-order valence-electron chi connectivity index (χ0n) is 14.6. The number of hydrogen-bond acceptors (Lipinski definition) is 3. The van der Waals surface area contributed by atoms with Gasteiger partial charge in [0.25, 0.3) is 10.0 Å². The van der Waals surface area contributed by atoms with Crippen molar-refractivity contribution in [2.24, 2.45) is 0 Å². The number of pyridine rings is 1. The van der Waals surface area contributed by atoms with Crippen LogP contribution in [0.1, 0.15) is 31.0 Å². The fourth-order valence-electron chi connectivity index (χ4n) is 2.51. The molecule has 0 saturated carbocycles. The van der Waals surface area contributed by atoms with Crippen LogP contribution < -0.4 is 4.72 Å². The van der Waals surface area contributed by atoms with E-state index in [4.69, 9.17) is 23.2 Å². The number of rotatable bonds is 4. The van der Waals surface area contributed by atoms with Crippen molar-refractivity contribution in [1.82, 2.24) is 9.61 Å². The van der Waals surface area contributed by atoms with Gasteiger partial charge in [-0.1, -0.05) is 37.0 Å². The van der Waals surface area contributed by atoms with Crippen LogP contribution in [-0.2, 0) is 16.2 Å². The third-order valence-electron chi connectivity index (χ3n) is 3.97. The summed E-state index contributed by atoms with van der Waals surface area (Å²) in [5.41, 5.74) is -0.0865. The molecule has 11 heteroatoms. The first-order chi connectivity index (χ1) is 12.9. The summed E-state index contributed by atoms with van der Waals surface area (Å²) in [6.45, 7) is 3.82. The zero-order valence-corrected chi connectivity index (χ0v) is 16.9. The minimum absolute atomic E-state index is 0.0369. The molecule has 0 radical (unpaired) electrons. The van der Waals surface area contributed by atoms with Crippen LogP contribution in [0.25, 0.3) is 5.52 Å². The van der Waals surface area contributed by atoms with E-state index in [9.17, 15) is 21.6 Å². The van der Waals surface area contributed by atoms with E-state index in [1.54, 1.807) is 6.07 Å². The Hall–Kier alpha value is -1.97. The van der Waals surface area contributed by atoms with E-state index >= 15 is 0 Å². The summed E-state index contributed by atoms with van der Waals surface area (Å²) in [5, 5.41) is 4.09. The number of fused-ring (bicyclic) bond motifs is 1. The summed E-state index contributed by atoms with van der Waals surface area (Å²) in [7, 11) is -4.34. The van der Waals surface area contributed by atoms with Gasteiger partial charge in [-0.15, -0.1) is 0 Å². The predicted molar refractivity (Wildman–Crippen MR) is 102 cm³/mol. The summed E-state index contributed by atoms with van der Waals surface area (Å²) in [4.78, 5) is -0.580. The molecule has 0 bridgehead atoms. The number of halogens is 5. The van der Waals surface area contributed by atoms with Crippen molar-refractivity contribution in [3.8, 4) is 0 Å². The molecule has 0 spiro atoms. The Morgan fingerprint density at radius 2 is 1.71 bits per heavy atom. The second-order valence-corrected chi connectivity index (χ2v) is 8.83. The van der Waals surface area contributed by atoms with Crippen LogP contribution in [0.2, 0.25) is 10.0 Å². The van der Waals surface area contributed by atoms with Crippen molar-refractivity contribution >= 4 is 44.6 Å². The fraction of sp³-hybridized carbons (Fsp3) is 0.235. The average molecular weight is 452 g/mol. The number of benzene rings is 1. The van der Waals surface area contributed by atoms with Gasteiger partial charge in [-0.2, -0.15) is 18.3 Å². The Morgan fingerprint density at radius 1 is 1.07 bits per heavy atom. The van der Waals surface area contributed by atoms with Crippen LogP contribution in [0.5, 0.6) is 0 Å². The van der Waals surface area contributed by atoms with Crippen molar-refractivity contribution in [1.29, 1.82) is 0 Å². The standard InChI is InChI=1S/C17H14Cl2F3N3O2S/c1-9(2)14-8-15-13(19)5-6-16(25(15)23-14)24-28(26,27)10-3-4-12(18)11(7-10)17(20,21)22/h3-9,24H,1-2H3. The highest BCUT2D eigenvalue weighted by atomic mass is 35.5. The summed E-state index contributed by atoms with van der Waals surface area (Å²) in [6.07, 6.45) is -4.79. The first-order valence-electron chi connectivity index (χ1n) is 7.98. The lowest BCUT2D eigenvalue weighted by Crippen LogP contribution is -2.17. The predicted octanol–water partition coefficient (Wildman–Crippen LogP) is 5.58. The minimum atomic E-state index is -4.79. The van der Waals surface area contributed by atoms with Gasteiger partial charge in [0.05, 0.1) is 31.7 Å². The second-order valence-electron chi connectivity index (χ2n) is 6.33. The lowest BCUT2D eigenvalue weighted by Gasteiger charge is -2.13. The van der Waals surface area contributed by atoms with Crippen molar-refractivity contribution < 1.29 is 21.6 Å². The highest BCUT2D eigenvalue weighted by Crippen LogP contribution is 2.36. The Morgan fingerprint density at radius 3 is 2.32 bits per heavy atom. The van der Waals surface area contributed by atoms with Gasteiger partial charge in [-0.25, -0.2) is 12.9 Å². The first kappa shape index (κ1) is 20.8. The monoisotopic (exact) mass is 451 g/mol. The number of aromatic nitrogens is 2. The molecule has 0 unspecified atom stereocenters. The Labute approximate surface area is 169 Å². The van der Waals surface area contributed by atoms with Gasteiger partial charge in [0.15, 0.2) is 0 Å². The summed E-state index contributed by atoms with van der Waals surface area (Å²) >= 11 is 11.7. The molecule has 0 amide bonds. The maximum Gasteiger partial charge on any atom is 0.417 e. The smallest absolute Gasteiger partial charge is 0.263 e. The summed E-state index contributed by atoms with van der Waals surface area (Å²) in [5.74, 6) is 0.0980. The van der Waals surface area contributed by atoms with Crippen molar-refractivity contribution in [3.63, 3.8) is 0 Å². The highest BCUT2D eigenvalue weighted by Gasteiger charge is 2.34. The molecule has 5 nitrogen and oxygen atoms in total. The molecule has 0 saturated heterocycles. The number of nitrogens with one attached hydrogen (secondary N) is 1. The molecule has 0 aliphatic rings. The number of nitrogens with zero attached hydrogens (tertiary/aromatic N) is 2. The van der Waals surface area contributed by atoms with Gasteiger partial charge in [0.1, 0.15) is 5.82 Å². The highest BCUT2D eigenvalue weighted by molar-refractivity contribution is 7.92. The first-order valence-corrected chi connectivity index (χ1v) is 10.2. The Bertz CT molecular complexity index is 1160. The normalized spacial score (nSPS) is 12.7. The van der Waals surface area contributed by atoms with Crippen LogP contribution in [0.4, 0.5) is 19.0 Å². The summed E-state index contributed by atoms with van der Waals surface area (Å²) < 4.78 is 68.0. The van der Waals surface area contributed by atoms with Crippen LogP contribution in [-0.4, -0.2) is 18.0 Å².